The van der Waals surface area contributed by atoms with Crippen LogP contribution in [0.15, 0.2) is 16.6 Å². The minimum Gasteiger partial charge on any atom is -0.455 e. The van der Waals surface area contributed by atoms with Gasteiger partial charge in [0.05, 0.1) is 11.1 Å². The predicted octanol–water partition coefficient (Wildman–Crippen LogP) is 4.76. The van der Waals surface area contributed by atoms with Crippen LogP contribution < -0.4 is 5.32 Å². The summed E-state index contributed by atoms with van der Waals surface area (Å²) < 4.78 is 6.32. The average Bonchev–Trinajstić information content (AvgIpc) is 2.56. The molecule has 0 atom stereocenters. The number of amides is 1. The summed E-state index contributed by atoms with van der Waals surface area (Å²) >= 11 is 3.48. The molecule has 1 N–H and O–H groups in total. The fraction of sp³-hybridized carbons (Fsp3) is 0.619. The lowest BCUT2D eigenvalue weighted by atomic mass is 9.49. The topological polar surface area (TPSA) is 55.4 Å². The van der Waals surface area contributed by atoms with Crippen LogP contribution in [0.25, 0.3) is 0 Å². The molecule has 140 valence electrons. The molecule has 4 nitrogen and oxygen atoms in total. The standard InChI is InChI=1S/C21H26BrNO3/c1-12-3-17(22)18(4-13(12)2)23-19(24)11-26-20(25)21-8-14-5-15(9-21)7-16(6-14)10-21/h3-4,14-16H,5-11H2,1-2H3,(H,23,24). The van der Waals surface area contributed by atoms with Gasteiger partial charge in [0.2, 0.25) is 0 Å². The van der Waals surface area contributed by atoms with E-state index in [4.69, 9.17) is 4.74 Å². The third kappa shape index (κ3) is 3.30. The van der Waals surface area contributed by atoms with E-state index in [0.29, 0.717) is 23.4 Å². The molecule has 0 saturated heterocycles. The Labute approximate surface area is 163 Å². The van der Waals surface area contributed by atoms with E-state index in [-0.39, 0.29) is 23.9 Å². The zero-order valence-electron chi connectivity index (χ0n) is 15.4. The molecule has 1 aromatic carbocycles. The molecular weight excluding hydrogens is 394 g/mol. The molecule has 0 heterocycles. The Kier molecular flexibility index (Phi) is 4.62. The lowest BCUT2D eigenvalue weighted by Gasteiger charge is -2.55. The molecule has 5 heteroatoms. The summed E-state index contributed by atoms with van der Waals surface area (Å²) in [6.45, 7) is 3.82. The highest BCUT2D eigenvalue weighted by Gasteiger charge is 2.55. The van der Waals surface area contributed by atoms with Gasteiger partial charge < -0.3 is 10.1 Å². The van der Waals surface area contributed by atoms with E-state index in [0.717, 1.165) is 34.9 Å². The molecule has 4 fully saturated rings. The van der Waals surface area contributed by atoms with Crippen molar-refractivity contribution in [1.82, 2.24) is 0 Å². The molecule has 0 spiro atoms. The number of halogens is 1. The van der Waals surface area contributed by atoms with Gasteiger partial charge in [0.1, 0.15) is 0 Å². The quantitative estimate of drug-likeness (QED) is 0.715. The normalized spacial score (nSPS) is 31.7. The second-order valence-corrected chi connectivity index (χ2v) is 9.59. The minimum atomic E-state index is -0.309. The van der Waals surface area contributed by atoms with Gasteiger partial charge in [-0.2, -0.15) is 0 Å². The largest absolute Gasteiger partial charge is 0.455 e. The first-order valence-corrected chi connectivity index (χ1v) is 10.4. The van der Waals surface area contributed by atoms with Gasteiger partial charge in [-0.15, -0.1) is 0 Å². The van der Waals surface area contributed by atoms with Crippen LogP contribution in [0.1, 0.15) is 49.7 Å². The summed E-state index contributed by atoms with van der Waals surface area (Å²) in [5.41, 5.74) is 2.66. The lowest BCUT2D eigenvalue weighted by Crippen LogP contribution is -2.50. The Morgan fingerprint density at radius 3 is 2.19 bits per heavy atom. The van der Waals surface area contributed by atoms with Crippen LogP contribution in [-0.4, -0.2) is 18.5 Å². The highest BCUT2D eigenvalue weighted by atomic mass is 79.9. The van der Waals surface area contributed by atoms with Gasteiger partial charge in [-0.1, -0.05) is 0 Å². The molecule has 4 aliphatic carbocycles. The number of anilines is 1. The molecular formula is C21H26BrNO3. The Balaban J connectivity index is 1.36. The van der Waals surface area contributed by atoms with Crippen LogP contribution in [0.5, 0.6) is 0 Å². The molecule has 5 rings (SSSR count). The van der Waals surface area contributed by atoms with Crippen molar-refractivity contribution in [2.24, 2.45) is 23.2 Å². The summed E-state index contributed by atoms with van der Waals surface area (Å²) in [7, 11) is 0. The van der Waals surface area contributed by atoms with Gasteiger partial charge in [-0.25, -0.2) is 0 Å². The van der Waals surface area contributed by atoms with E-state index in [1.54, 1.807) is 0 Å². The van der Waals surface area contributed by atoms with Crippen LogP contribution in [0.2, 0.25) is 0 Å². The number of nitrogens with one attached hydrogen (secondary N) is 1. The zero-order chi connectivity index (χ0) is 18.5. The number of ether oxygens (including phenoxy) is 1. The maximum Gasteiger partial charge on any atom is 0.312 e. The molecule has 1 amide bonds. The number of rotatable bonds is 4. The molecule has 4 saturated carbocycles. The van der Waals surface area contributed by atoms with E-state index >= 15 is 0 Å². The number of carbonyl (C=O) groups is 2. The summed E-state index contributed by atoms with van der Waals surface area (Å²) in [5, 5.41) is 2.84. The van der Waals surface area contributed by atoms with Crippen molar-refractivity contribution in [3.05, 3.63) is 27.7 Å². The maximum atomic E-state index is 12.8. The Morgan fingerprint density at radius 2 is 1.62 bits per heavy atom. The number of carbonyl (C=O) groups excluding carboxylic acids is 2. The summed E-state index contributed by atoms with van der Waals surface area (Å²) in [6, 6.07) is 3.91. The molecule has 4 bridgehead atoms. The molecule has 0 unspecified atom stereocenters. The summed E-state index contributed by atoms with van der Waals surface area (Å²) in [5.74, 6) is 1.63. The van der Waals surface area contributed by atoms with Gasteiger partial charge in [-0.3, -0.25) is 9.59 Å². The third-order valence-electron chi connectivity index (χ3n) is 6.66. The van der Waals surface area contributed by atoms with Crippen molar-refractivity contribution in [3.63, 3.8) is 0 Å². The fourth-order valence-electron chi connectivity index (χ4n) is 5.71. The van der Waals surface area contributed by atoms with Crippen molar-refractivity contribution in [1.29, 1.82) is 0 Å². The molecule has 0 aromatic heterocycles. The van der Waals surface area contributed by atoms with Crippen LogP contribution in [0.4, 0.5) is 5.69 Å². The van der Waals surface area contributed by atoms with E-state index in [1.807, 2.05) is 26.0 Å². The second-order valence-electron chi connectivity index (χ2n) is 8.74. The summed E-state index contributed by atoms with van der Waals surface area (Å²) in [4.78, 5) is 25.1. The first-order valence-electron chi connectivity index (χ1n) is 9.58. The first-order chi connectivity index (χ1) is 12.3. The van der Waals surface area contributed by atoms with E-state index in [2.05, 4.69) is 21.2 Å². The Morgan fingerprint density at radius 1 is 1.08 bits per heavy atom. The van der Waals surface area contributed by atoms with Crippen LogP contribution in [0, 0.1) is 37.0 Å². The Bertz CT molecular complexity index is 723. The molecule has 4 aliphatic rings. The van der Waals surface area contributed by atoms with Crippen molar-refractivity contribution in [2.45, 2.75) is 52.4 Å². The molecule has 0 radical (unpaired) electrons. The van der Waals surface area contributed by atoms with E-state index in [9.17, 15) is 9.59 Å². The van der Waals surface area contributed by atoms with Gasteiger partial charge >= 0.3 is 5.97 Å². The molecule has 26 heavy (non-hydrogen) atoms. The van der Waals surface area contributed by atoms with Gasteiger partial charge in [0.15, 0.2) is 6.61 Å². The third-order valence-corrected chi connectivity index (χ3v) is 7.32. The van der Waals surface area contributed by atoms with Crippen molar-refractivity contribution >= 4 is 33.5 Å². The van der Waals surface area contributed by atoms with Crippen LogP contribution in [0.3, 0.4) is 0 Å². The Hall–Kier alpha value is -1.36. The van der Waals surface area contributed by atoms with Gasteiger partial charge in [0, 0.05) is 4.47 Å². The first kappa shape index (κ1) is 18.0. The number of hydrogen-bond donors (Lipinski definition) is 1. The zero-order valence-corrected chi connectivity index (χ0v) is 17.0. The molecule has 0 aliphatic heterocycles. The van der Waals surface area contributed by atoms with Gasteiger partial charge in [0.25, 0.3) is 5.91 Å². The van der Waals surface area contributed by atoms with Crippen LogP contribution >= 0.6 is 15.9 Å². The van der Waals surface area contributed by atoms with Gasteiger partial charge in [-0.05, 0) is 109 Å². The predicted molar refractivity (Wildman–Crippen MR) is 104 cm³/mol. The second kappa shape index (κ2) is 6.66. The highest BCUT2D eigenvalue weighted by molar-refractivity contribution is 9.10. The van der Waals surface area contributed by atoms with E-state index < -0.39 is 0 Å². The highest BCUT2D eigenvalue weighted by Crippen LogP contribution is 2.60. The summed E-state index contributed by atoms with van der Waals surface area (Å²) in [6.07, 6.45) is 6.74. The fourth-order valence-corrected chi connectivity index (χ4v) is 6.26. The minimum absolute atomic E-state index is 0.147. The van der Waals surface area contributed by atoms with Crippen molar-refractivity contribution < 1.29 is 14.3 Å². The van der Waals surface area contributed by atoms with Crippen molar-refractivity contribution in [3.8, 4) is 0 Å². The number of benzene rings is 1. The number of esters is 1. The van der Waals surface area contributed by atoms with E-state index in [1.165, 1.54) is 19.3 Å². The smallest absolute Gasteiger partial charge is 0.312 e. The monoisotopic (exact) mass is 419 g/mol. The average molecular weight is 420 g/mol. The maximum absolute atomic E-state index is 12.8. The lowest BCUT2D eigenvalue weighted by molar-refractivity contribution is -0.172. The number of hydrogen-bond acceptors (Lipinski definition) is 3. The van der Waals surface area contributed by atoms with Crippen molar-refractivity contribution in [2.75, 3.05) is 11.9 Å². The van der Waals surface area contributed by atoms with Crippen LogP contribution in [-0.2, 0) is 14.3 Å². The SMILES string of the molecule is Cc1cc(Br)c(NC(=O)COC(=O)C23CC4CC(CC(C4)C2)C3)cc1C. The number of aryl methyl sites for hydroxylation is 2. The molecule has 1 aromatic rings.